The van der Waals surface area contributed by atoms with Crippen molar-refractivity contribution in [3.63, 3.8) is 0 Å². The van der Waals surface area contributed by atoms with Gasteiger partial charge in [-0.25, -0.2) is 8.42 Å². The van der Waals surface area contributed by atoms with Gasteiger partial charge in [0.05, 0.1) is 11.0 Å². The Labute approximate surface area is 124 Å². The van der Waals surface area contributed by atoms with Crippen LogP contribution in [0.2, 0.25) is 0 Å². The molecule has 0 amide bonds. The minimum absolute atomic E-state index is 0.270. The summed E-state index contributed by atoms with van der Waals surface area (Å²) in [5.41, 5.74) is 7.76. The van der Waals surface area contributed by atoms with E-state index in [0.29, 0.717) is 12.2 Å². The van der Waals surface area contributed by atoms with Crippen molar-refractivity contribution in [2.45, 2.75) is 11.0 Å². The van der Waals surface area contributed by atoms with E-state index in [2.05, 4.69) is 5.32 Å². The molecular weight excluding hydrogens is 288 g/mol. The molecule has 6 heteroatoms. The highest BCUT2D eigenvalue weighted by atomic mass is 32.2. The molecule has 4 N–H and O–H groups in total. The van der Waals surface area contributed by atoms with Gasteiger partial charge in [0.25, 0.3) is 0 Å². The van der Waals surface area contributed by atoms with Crippen LogP contribution in [0.25, 0.3) is 0 Å². The molecule has 0 aliphatic carbocycles. The van der Waals surface area contributed by atoms with Crippen molar-refractivity contribution in [1.82, 2.24) is 0 Å². The Kier molecular flexibility index (Phi) is 4.50. The van der Waals surface area contributed by atoms with Gasteiger partial charge in [-0.2, -0.15) is 0 Å². The van der Waals surface area contributed by atoms with E-state index >= 15 is 0 Å². The quantitative estimate of drug-likeness (QED) is 0.733. The smallest absolute Gasteiger partial charge is 0.175 e. The van der Waals surface area contributed by atoms with Crippen LogP contribution in [0.1, 0.15) is 11.7 Å². The van der Waals surface area contributed by atoms with Crippen molar-refractivity contribution in [3.8, 4) is 0 Å². The number of nitrogens with two attached hydrogens (primary N) is 1. The van der Waals surface area contributed by atoms with Crippen LogP contribution in [-0.2, 0) is 9.84 Å². The second kappa shape index (κ2) is 6.15. The lowest BCUT2D eigenvalue weighted by molar-refractivity contribution is 0.191. The van der Waals surface area contributed by atoms with Gasteiger partial charge in [-0.1, -0.05) is 12.1 Å². The van der Waals surface area contributed by atoms with Crippen LogP contribution in [0.15, 0.2) is 53.4 Å². The van der Waals surface area contributed by atoms with E-state index in [1.165, 1.54) is 18.4 Å². The molecule has 0 fully saturated rings. The third-order valence-corrected chi connectivity index (χ3v) is 4.23. The molecular formula is C15H18N2O3S. The highest BCUT2D eigenvalue weighted by Gasteiger charge is 2.08. The van der Waals surface area contributed by atoms with Crippen molar-refractivity contribution >= 4 is 21.2 Å². The minimum atomic E-state index is -3.19. The van der Waals surface area contributed by atoms with E-state index in [-0.39, 0.29) is 4.90 Å². The Morgan fingerprint density at radius 1 is 1.10 bits per heavy atom. The molecule has 0 aliphatic heterocycles. The van der Waals surface area contributed by atoms with Crippen LogP contribution < -0.4 is 11.1 Å². The zero-order valence-electron chi connectivity index (χ0n) is 11.7. The monoisotopic (exact) mass is 306 g/mol. The van der Waals surface area contributed by atoms with Crippen LogP contribution in [0, 0.1) is 0 Å². The molecule has 0 radical (unpaired) electrons. The van der Waals surface area contributed by atoms with Crippen molar-refractivity contribution < 1.29 is 13.5 Å². The first kappa shape index (κ1) is 15.3. The summed E-state index contributed by atoms with van der Waals surface area (Å²) in [5.74, 6) is 0. The molecule has 0 aromatic heterocycles. The predicted octanol–water partition coefficient (Wildman–Crippen LogP) is 1.82. The van der Waals surface area contributed by atoms with E-state index in [9.17, 15) is 13.5 Å². The summed E-state index contributed by atoms with van der Waals surface area (Å²) in [7, 11) is -3.19. The largest absolute Gasteiger partial charge is 0.399 e. The summed E-state index contributed by atoms with van der Waals surface area (Å²) >= 11 is 0. The number of nitrogens with one attached hydrogen (secondary N) is 1. The normalized spacial score (nSPS) is 12.9. The zero-order valence-corrected chi connectivity index (χ0v) is 12.5. The van der Waals surface area contributed by atoms with Crippen molar-refractivity contribution in [1.29, 1.82) is 0 Å². The summed E-state index contributed by atoms with van der Waals surface area (Å²) in [6.07, 6.45) is 0.500. The second-order valence-corrected chi connectivity index (χ2v) is 6.88. The van der Waals surface area contributed by atoms with Crippen LogP contribution >= 0.6 is 0 Å². The molecule has 0 bridgehead atoms. The summed E-state index contributed by atoms with van der Waals surface area (Å²) in [5, 5.41) is 13.1. The molecule has 2 rings (SSSR count). The van der Waals surface area contributed by atoms with E-state index in [1.807, 2.05) is 0 Å². The van der Waals surface area contributed by atoms with Gasteiger partial charge in [-0.05, 0) is 42.0 Å². The Morgan fingerprint density at radius 3 is 2.19 bits per heavy atom. The third kappa shape index (κ3) is 4.21. The first-order chi connectivity index (χ1) is 9.86. The van der Waals surface area contributed by atoms with Crippen LogP contribution in [0.3, 0.4) is 0 Å². The van der Waals surface area contributed by atoms with Crippen molar-refractivity contribution in [3.05, 3.63) is 54.1 Å². The van der Waals surface area contributed by atoms with Gasteiger partial charge in [0.2, 0.25) is 0 Å². The number of benzene rings is 2. The molecule has 5 nitrogen and oxygen atoms in total. The highest BCUT2D eigenvalue weighted by Crippen LogP contribution is 2.17. The average Bonchev–Trinajstić information content (AvgIpc) is 2.45. The minimum Gasteiger partial charge on any atom is -0.399 e. The van der Waals surface area contributed by atoms with E-state index in [0.717, 1.165) is 11.3 Å². The SMILES string of the molecule is CS(=O)(=O)c1ccc(NCC(O)c2ccc(N)cc2)cc1. The number of aliphatic hydroxyl groups excluding tert-OH is 1. The first-order valence-electron chi connectivity index (χ1n) is 6.44. The van der Waals surface area contributed by atoms with Gasteiger partial charge >= 0.3 is 0 Å². The van der Waals surface area contributed by atoms with Crippen molar-refractivity contribution in [2.24, 2.45) is 0 Å². The lowest BCUT2D eigenvalue weighted by atomic mass is 10.1. The Morgan fingerprint density at radius 2 is 1.67 bits per heavy atom. The number of nitrogen functional groups attached to an aromatic ring is 1. The maximum Gasteiger partial charge on any atom is 0.175 e. The van der Waals surface area contributed by atoms with Crippen molar-refractivity contribution in [2.75, 3.05) is 23.9 Å². The van der Waals surface area contributed by atoms with Gasteiger partial charge in [-0.3, -0.25) is 0 Å². The van der Waals surface area contributed by atoms with Crippen LogP contribution in [0.5, 0.6) is 0 Å². The van der Waals surface area contributed by atoms with Crippen LogP contribution in [0.4, 0.5) is 11.4 Å². The molecule has 112 valence electrons. The molecule has 1 atom stereocenters. The predicted molar refractivity (Wildman–Crippen MR) is 83.9 cm³/mol. The number of hydrogen-bond acceptors (Lipinski definition) is 5. The number of anilines is 2. The Balaban J connectivity index is 1.98. The maximum absolute atomic E-state index is 11.4. The molecule has 1 unspecified atom stereocenters. The molecule has 21 heavy (non-hydrogen) atoms. The summed E-state index contributed by atoms with van der Waals surface area (Å²) in [6, 6.07) is 13.4. The van der Waals surface area contributed by atoms with Gasteiger partial charge in [0, 0.05) is 24.2 Å². The molecule has 2 aromatic carbocycles. The number of sulfone groups is 1. The Bertz CT molecular complexity index is 695. The van der Waals surface area contributed by atoms with Gasteiger partial charge < -0.3 is 16.2 Å². The molecule has 0 aliphatic rings. The summed E-state index contributed by atoms with van der Waals surface area (Å²) in [6.45, 7) is 0.322. The number of aliphatic hydroxyl groups is 1. The second-order valence-electron chi connectivity index (χ2n) is 4.86. The fourth-order valence-electron chi connectivity index (χ4n) is 1.87. The highest BCUT2D eigenvalue weighted by molar-refractivity contribution is 7.90. The standard InChI is InChI=1S/C15H18N2O3S/c1-21(19,20)14-8-6-13(7-9-14)17-10-15(18)11-2-4-12(16)5-3-11/h2-9,15,17-18H,10,16H2,1H3. The molecule has 0 saturated heterocycles. The topological polar surface area (TPSA) is 92.4 Å². The Hall–Kier alpha value is -2.05. The fraction of sp³-hybridized carbons (Fsp3) is 0.200. The first-order valence-corrected chi connectivity index (χ1v) is 8.33. The van der Waals surface area contributed by atoms with Gasteiger partial charge in [-0.15, -0.1) is 0 Å². The third-order valence-electron chi connectivity index (χ3n) is 3.10. The number of rotatable bonds is 5. The number of hydrogen-bond donors (Lipinski definition) is 3. The average molecular weight is 306 g/mol. The molecule has 0 heterocycles. The van der Waals surface area contributed by atoms with E-state index < -0.39 is 15.9 Å². The summed E-state index contributed by atoms with van der Waals surface area (Å²) in [4.78, 5) is 0.270. The van der Waals surface area contributed by atoms with E-state index in [4.69, 9.17) is 5.73 Å². The zero-order chi connectivity index (χ0) is 15.5. The fourth-order valence-corrected chi connectivity index (χ4v) is 2.50. The lowest BCUT2D eigenvalue weighted by Gasteiger charge is -2.13. The lowest BCUT2D eigenvalue weighted by Crippen LogP contribution is -2.12. The summed E-state index contributed by atoms with van der Waals surface area (Å²) < 4.78 is 22.7. The molecule has 0 spiro atoms. The van der Waals surface area contributed by atoms with Gasteiger partial charge in [0.15, 0.2) is 9.84 Å². The van der Waals surface area contributed by atoms with Crippen LogP contribution in [-0.4, -0.2) is 26.3 Å². The van der Waals surface area contributed by atoms with E-state index in [1.54, 1.807) is 36.4 Å². The molecule has 0 saturated carbocycles. The maximum atomic E-state index is 11.4. The van der Waals surface area contributed by atoms with Gasteiger partial charge in [0.1, 0.15) is 0 Å². The molecule has 2 aromatic rings.